The van der Waals surface area contributed by atoms with Crippen molar-refractivity contribution in [2.24, 2.45) is 4.99 Å². The molecule has 0 radical (unpaired) electrons. The van der Waals surface area contributed by atoms with Gasteiger partial charge in [-0.05, 0) is 18.1 Å². The second-order valence-corrected chi connectivity index (χ2v) is 4.48. The van der Waals surface area contributed by atoms with Crippen molar-refractivity contribution in [2.45, 2.75) is 18.9 Å². The summed E-state index contributed by atoms with van der Waals surface area (Å²) in [5, 5.41) is 11.1. The molecule has 0 saturated carbocycles. The molecular formula is C17H19NO. The molecule has 2 aromatic carbocycles. The molecule has 0 spiro atoms. The molecule has 0 fully saturated rings. The largest absolute Gasteiger partial charge is 0.380 e. The first-order chi connectivity index (χ1) is 9.27. The molecule has 0 bridgehead atoms. The predicted molar refractivity (Wildman–Crippen MR) is 79.5 cm³/mol. The Balaban J connectivity index is 2.41. The van der Waals surface area contributed by atoms with Crippen molar-refractivity contribution in [3.05, 3.63) is 71.8 Å². The van der Waals surface area contributed by atoms with E-state index in [9.17, 15) is 5.11 Å². The van der Waals surface area contributed by atoms with Crippen LogP contribution in [-0.2, 0) is 5.60 Å². The van der Waals surface area contributed by atoms with E-state index in [2.05, 4.69) is 4.99 Å². The van der Waals surface area contributed by atoms with Crippen LogP contribution in [0.4, 0.5) is 0 Å². The lowest BCUT2D eigenvalue weighted by Crippen LogP contribution is -2.27. The molecule has 2 heteroatoms. The lowest BCUT2D eigenvalue weighted by atomic mass is 9.84. The van der Waals surface area contributed by atoms with Gasteiger partial charge in [-0.3, -0.25) is 4.99 Å². The van der Waals surface area contributed by atoms with Crippen LogP contribution in [0.3, 0.4) is 0 Å². The fourth-order valence-corrected chi connectivity index (χ4v) is 2.16. The van der Waals surface area contributed by atoms with Crippen LogP contribution in [0.15, 0.2) is 65.7 Å². The molecule has 0 aliphatic heterocycles. The van der Waals surface area contributed by atoms with Crippen molar-refractivity contribution in [1.29, 1.82) is 0 Å². The first kappa shape index (κ1) is 13.5. The number of hydrogen-bond acceptors (Lipinski definition) is 2. The van der Waals surface area contributed by atoms with Gasteiger partial charge < -0.3 is 5.11 Å². The van der Waals surface area contributed by atoms with Gasteiger partial charge in [0, 0.05) is 19.2 Å². The van der Waals surface area contributed by atoms with Gasteiger partial charge in [-0.2, -0.15) is 0 Å². The second kappa shape index (κ2) is 6.30. The number of rotatable bonds is 5. The third-order valence-electron chi connectivity index (χ3n) is 3.20. The monoisotopic (exact) mass is 253 g/mol. The van der Waals surface area contributed by atoms with Crippen LogP contribution in [0, 0.1) is 0 Å². The van der Waals surface area contributed by atoms with Crippen molar-refractivity contribution in [1.82, 2.24) is 0 Å². The summed E-state index contributed by atoms with van der Waals surface area (Å²) in [7, 11) is 0. The van der Waals surface area contributed by atoms with E-state index >= 15 is 0 Å². The smallest absolute Gasteiger partial charge is 0.119 e. The summed E-state index contributed by atoms with van der Waals surface area (Å²) in [5.74, 6) is 0. The lowest BCUT2D eigenvalue weighted by Gasteiger charge is -2.28. The van der Waals surface area contributed by atoms with E-state index in [1.54, 1.807) is 6.21 Å². The van der Waals surface area contributed by atoms with Gasteiger partial charge in [0.2, 0.25) is 0 Å². The van der Waals surface area contributed by atoms with E-state index in [0.717, 1.165) is 17.7 Å². The summed E-state index contributed by atoms with van der Waals surface area (Å²) in [4.78, 5) is 4.22. The molecule has 0 amide bonds. The Morgan fingerprint density at radius 1 is 0.947 bits per heavy atom. The average molecular weight is 253 g/mol. The summed E-state index contributed by atoms with van der Waals surface area (Å²) < 4.78 is 0. The van der Waals surface area contributed by atoms with E-state index in [4.69, 9.17) is 0 Å². The van der Waals surface area contributed by atoms with E-state index in [1.165, 1.54) is 0 Å². The predicted octanol–water partition coefficient (Wildman–Crippen LogP) is 3.40. The molecule has 0 aliphatic rings. The summed E-state index contributed by atoms with van der Waals surface area (Å²) in [6, 6.07) is 19.5. The number of nitrogens with zero attached hydrogens (tertiary/aromatic N) is 1. The van der Waals surface area contributed by atoms with Crippen molar-refractivity contribution < 1.29 is 5.11 Å². The van der Waals surface area contributed by atoms with Gasteiger partial charge in [-0.1, -0.05) is 60.7 Å². The standard InChI is InChI=1S/C17H19NO/c1-2-18-14-13-17(19,15-9-5-3-6-10-15)16-11-7-4-8-12-16/h3-12,14,19H,2,13H2,1H3. The molecule has 0 unspecified atom stereocenters. The molecule has 0 heterocycles. The Morgan fingerprint density at radius 2 is 1.42 bits per heavy atom. The first-order valence-electron chi connectivity index (χ1n) is 6.59. The summed E-state index contributed by atoms with van der Waals surface area (Å²) in [6.07, 6.45) is 2.29. The zero-order chi connectivity index (χ0) is 13.6. The van der Waals surface area contributed by atoms with Crippen LogP contribution in [0.1, 0.15) is 24.5 Å². The van der Waals surface area contributed by atoms with E-state index in [0.29, 0.717) is 6.42 Å². The van der Waals surface area contributed by atoms with Crippen LogP contribution in [0.5, 0.6) is 0 Å². The molecule has 1 N–H and O–H groups in total. The topological polar surface area (TPSA) is 32.6 Å². The highest BCUT2D eigenvalue weighted by atomic mass is 16.3. The minimum atomic E-state index is -1.01. The molecule has 19 heavy (non-hydrogen) atoms. The normalized spacial score (nSPS) is 11.9. The SMILES string of the molecule is CCN=CCC(O)(c1ccccc1)c1ccccc1. The van der Waals surface area contributed by atoms with Gasteiger partial charge in [0.05, 0.1) is 0 Å². The number of benzene rings is 2. The van der Waals surface area contributed by atoms with Crippen molar-refractivity contribution in [3.8, 4) is 0 Å². The Labute approximate surface area is 114 Å². The van der Waals surface area contributed by atoms with Gasteiger partial charge >= 0.3 is 0 Å². The lowest BCUT2D eigenvalue weighted by molar-refractivity contribution is 0.0900. The number of aliphatic imine (C=N–C) groups is 1. The molecule has 0 aromatic heterocycles. The maximum absolute atomic E-state index is 11.1. The summed E-state index contributed by atoms with van der Waals surface area (Å²) in [6.45, 7) is 2.72. The molecule has 98 valence electrons. The van der Waals surface area contributed by atoms with E-state index in [-0.39, 0.29) is 0 Å². The maximum atomic E-state index is 11.1. The van der Waals surface area contributed by atoms with Crippen molar-refractivity contribution >= 4 is 6.21 Å². The summed E-state index contributed by atoms with van der Waals surface area (Å²) in [5.41, 5.74) is 0.772. The van der Waals surface area contributed by atoms with Gasteiger partial charge in [-0.15, -0.1) is 0 Å². The minimum absolute atomic E-state index is 0.481. The fourth-order valence-electron chi connectivity index (χ4n) is 2.16. The number of aliphatic hydroxyl groups is 1. The minimum Gasteiger partial charge on any atom is -0.380 e. The van der Waals surface area contributed by atoms with E-state index in [1.807, 2.05) is 67.6 Å². The highest BCUT2D eigenvalue weighted by Crippen LogP contribution is 2.31. The third kappa shape index (κ3) is 3.09. The van der Waals surface area contributed by atoms with Gasteiger partial charge in [0.25, 0.3) is 0 Å². The van der Waals surface area contributed by atoms with Crippen molar-refractivity contribution in [2.75, 3.05) is 6.54 Å². The molecule has 0 saturated heterocycles. The van der Waals surface area contributed by atoms with Gasteiger partial charge in [0.15, 0.2) is 0 Å². The molecule has 0 atom stereocenters. The summed E-state index contributed by atoms with van der Waals surface area (Å²) >= 11 is 0. The highest BCUT2D eigenvalue weighted by molar-refractivity contribution is 5.61. The zero-order valence-electron chi connectivity index (χ0n) is 11.2. The Hall–Kier alpha value is -1.93. The van der Waals surface area contributed by atoms with Crippen LogP contribution in [0.25, 0.3) is 0 Å². The first-order valence-corrected chi connectivity index (χ1v) is 6.59. The molecule has 0 aliphatic carbocycles. The second-order valence-electron chi connectivity index (χ2n) is 4.48. The Morgan fingerprint density at radius 3 is 1.84 bits per heavy atom. The third-order valence-corrected chi connectivity index (χ3v) is 3.20. The van der Waals surface area contributed by atoms with Gasteiger partial charge in [-0.25, -0.2) is 0 Å². The van der Waals surface area contributed by atoms with E-state index < -0.39 is 5.60 Å². The maximum Gasteiger partial charge on any atom is 0.119 e. The number of hydrogen-bond donors (Lipinski definition) is 1. The Kier molecular flexibility index (Phi) is 4.48. The van der Waals surface area contributed by atoms with Crippen LogP contribution >= 0.6 is 0 Å². The van der Waals surface area contributed by atoms with Gasteiger partial charge in [0.1, 0.15) is 5.60 Å². The highest BCUT2D eigenvalue weighted by Gasteiger charge is 2.30. The molecule has 2 rings (SSSR count). The molecular weight excluding hydrogens is 234 g/mol. The zero-order valence-corrected chi connectivity index (χ0v) is 11.2. The Bertz CT molecular complexity index is 480. The van der Waals surface area contributed by atoms with Crippen LogP contribution < -0.4 is 0 Å². The van der Waals surface area contributed by atoms with Crippen molar-refractivity contribution in [3.63, 3.8) is 0 Å². The fraction of sp³-hybridized carbons (Fsp3) is 0.235. The average Bonchev–Trinajstić information content (AvgIpc) is 2.49. The van der Waals surface area contributed by atoms with Crippen LogP contribution in [0.2, 0.25) is 0 Å². The molecule has 2 aromatic rings. The molecule has 2 nitrogen and oxygen atoms in total. The quantitative estimate of drug-likeness (QED) is 0.814. The van der Waals surface area contributed by atoms with Crippen LogP contribution in [-0.4, -0.2) is 17.9 Å².